The van der Waals surface area contributed by atoms with E-state index in [-0.39, 0.29) is 16.9 Å². The number of hydrogen-bond acceptors (Lipinski definition) is 7. The summed E-state index contributed by atoms with van der Waals surface area (Å²) in [5.41, 5.74) is -0.586. The van der Waals surface area contributed by atoms with Gasteiger partial charge in [0.05, 0.1) is 29.2 Å². The molecule has 0 saturated heterocycles. The molecule has 0 aliphatic carbocycles. The molecule has 1 aromatic heterocycles. The molecule has 0 unspecified atom stereocenters. The molecule has 0 saturated carbocycles. The predicted molar refractivity (Wildman–Crippen MR) is 117 cm³/mol. The van der Waals surface area contributed by atoms with Gasteiger partial charge in [-0.15, -0.1) is 0 Å². The Bertz CT molecular complexity index is 1240. The Morgan fingerprint density at radius 3 is 2.60 bits per heavy atom. The van der Waals surface area contributed by atoms with E-state index < -0.39 is 21.8 Å². The van der Waals surface area contributed by atoms with Crippen molar-refractivity contribution in [3.63, 3.8) is 0 Å². The van der Waals surface area contributed by atoms with Gasteiger partial charge in [0.25, 0.3) is 5.56 Å². The second-order valence-electron chi connectivity index (χ2n) is 7.56. The van der Waals surface area contributed by atoms with Crippen LogP contribution in [0.2, 0.25) is 0 Å². The normalized spacial score (nSPS) is 11.9. The fourth-order valence-corrected chi connectivity index (χ4v) is 3.21. The first-order chi connectivity index (χ1) is 14.0. The molecule has 9 nitrogen and oxygen atoms in total. The first-order valence-corrected chi connectivity index (χ1v) is 9.64. The van der Waals surface area contributed by atoms with E-state index in [0.29, 0.717) is 16.7 Å². The van der Waals surface area contributed by atoms with Crippen molar-refractivity contribution in [3.8, 4) is 11.5 Å². The molecule has 0 aliphatic rings. The molecule has 3 aromatic rings. The number of halogens is 1. The molecule has 1 heterocycles. The lowest BCUT2D eigenvalue weighted by atomic mass is 9.95. The van der Waals surface area contributed by atoms with Crippen molar-refractivity contribution >= 4 is 38.7 Å². The highest BCUT2D eigenvalue weighted by atomic mass is 79.9. The molecule has 1 N–H and O–H groups in total. The van der Waals surface area contributed by atoms with E-state index in [1.54, 1.807) is 18.2 Å². The topological polar surface area (TPSA) is 120 Å². The Morgan fingerprint density at radius 1 is 1.30 bits per heavy atom. The third-order valence-electron chi connectivity index (χ3n) is 4.30. The molecule has 0 spiro atoms. The summed E-state index contributed by atoms with van der Waals surface area (Å²) in [5.74, 6) is -0.224. The predicted octanol–water partition coefficient (Wildman–Crippen LogP) is 3.96. The second-order valence-corrected chi connectivity index (χ2v) is 8.47. The molecule has 0 bridgehead atoms. The fourth-order valence-electron chi connectivity index (χ4n) is 2.85. The zero-order valence-corrected chi connectivity index (χ0v) is 18.3. The van der Waals surface area contributed by atoms with E-state index in [1.807, 2.05) is 20.8 Å². The number of phenolic OH excluding ortho intramolecular Hbond substituents is 1. The van der Waals surface area contributed by atoms with Crippen LogP contribution in [-0.4, -0.2) is 33.0 Å². The van der Waals surface area contributed by atoms with E-state index in [4.69, 9.17) is 4.74 Å². The van der Waals surface area contributed by atoms with Crippen LogP contribution in [0.4, 0.5) is 5.69 Å². The van der Waals surface area contributed by atoms with Crippen molar-refractivity contribution in [2.45, 2.75) is 26.2 Å². The van der Waals surface area contributed by atoms with Gasteiger partial charge in [-0.3, -0.25) is 14.9 Å². The maximum absolute atomic E-state index is 13.1. The van der Waals surface area contributed by atoms with Crippen molar-refractivity contribution in [2.75, 3.05) is 7.11 Å². The van der Waals surface area contributed by atoms with Crippen LogP contribution in [0, 0.1) is 10.1 Å². The molecule has 30 heavy (non-hydrogen) atoms. The highest BCUT2D eigenvalue weighted by Crippen LogP contribution is 2.36. The SMILES string of the molecule is COc1cc(C=Nn2c(C(C)(C)C)nc3ccc(Br)cc3c2=O)cc([N+](=O)[O-])c1O. The van der Waals surface area contributed by atoms with Crippen molar-refractivity contribution in [1.29, 1.82) is 0 Å². The molecule has 0 atom stereocenters. The average molecular weight is 475 g/mol. The molecular weight excluding hydrogens is 456 g/mol. The van der Waals surface area contributed by atoms with Crippen LogP contribution in [0.3, 0.4) is 0 Å². The summed E-state index contributed by atoms with van der Waals surface area (Å²) >= 11 is 3.35. The van der Waals surface area contributed by atoms with Crippen molar-refractivity contribution in [1.82, 2.24) is 9.66 Å². The summed E-state index contributed by atoms with van der Waals surface area (Å²) in [4.78, 5) is 28.2. The number of benzene rings is 2. The van der Waals surface area contributed by atoms with Crippen molar-refractivity contribution in [3.05, 3.63) is 66.7 Å². The lowest BCUT2D eigenvalue weighted by Crippen LogP contribution is -2.29. The zero-order valence-electron chi connectivity index (χ0n) is 16.7. The lowest BCUT2D eigenvalue weighted by molar-refractivity contribution is -0.386. The van der Waals surface area contributed by atoms with Gasteiger partial charge in [-0.2, -0.15) is 9.78 Å². The van der Waals surface area contributed by atoms with Gasteiger partial charge in [0.1, 0.15) is 5.82 Å². The van der Waals surface area contributed by atoms with Gasteiger partial charge in [0, 0.05) is 21.5 Å². The minimum absolute atomic E-state index is 0.0744. The Kier molecular flexibility index (Phi) is 5.62. The molecule has 0 radical (unpaired) electrons. The third-order valence-corrected chi connectivity index (χ3v) is 4.79. The molecule has 3 rings (SSSR count). The zero-order chi connectivity index (χ0) is 22.2. The molecule has 0 amide bonds. The van der Waals surface area contributed by atoms with Crippen LogP contribution in [-0.2, 0) is 5.41 Å². The standard InChI is InChI=1S/C20H19BrN4O5/c1-20(2,3)19-23-14-6-5-12(21)9-13(14)18(27)24(19)22-10-11-7-15(25(28)29)17(26)16(8-11)30-4/h5-10,26H,1-4H3. The summed E-state index contributed by atoms with van der Waals surface area (Å²) in [6, 6.07) is 7.75. The van der Waals surface area contributed by atoms with Gasteiger partial charge in [-0.05, 0) is 24.3 Å². The first-order valence-electron chi connectivity index (χ1n) is 8.85. The Labute approximate surface area is 179 Å². The van der Waals surface area contributed by atoms with Gasteiger partial charge >= 0.3 is 5.69 Å². The first kappa shape index (κ1) is 21.4. The van der Waals surface area contributed by atoms with Gasteiger partial charge in [0.2, 0.25) is 5.75 Å². The number of phenols is 1. The second kappa shape index (κ2) is 7.86. The van der Waals surface area contributed by atoms with Gasteiger partial charge in [0.15, 0.2) is 5.75 Å². The van der Waals surface area contributed by atoms with Gasteiger partial charge in [-0.1, -0.05) is 36.7 Å². The number of ether oxygens (including phenoxy) is 1. The molecule has 2 aromatic carbocycles. The van der Waals surface area contributed by atoms with Crippen molar-refractivity contribution in [2.24, 2.45) is 5.10 Å². The van der Waals surface area contributed by atoms with Gasteiger partial charge < -0.3 is 9.84 Å². The minimum atomic E-state index is -0.725. The third kappa shape index (κ3) is 4.04. The van der Waals surface area contributed by atoms with Crippen LogP contribution in [0.25, 0.3) is 10.9 Å². The highest BCUT2D eigenvalue weighted by molar-refractivity contribution is 9.10. The Morgan fingerprint density at radius 2 is 2.00 bits per heavy atom. The van der Waals surface area contributed by atoms with E-state index in [0.717, 1.165) is 10.5 Å². The number of rotatable bonds is 4. The number of nitrogens with zero attached hydrogens (tertiary/aromatic N) is 4. The number of fused-ring (bicyclic) bond motifs is 1. The van der Waals surface area contributed by atoms with Crippen LogP contribution in [0.5, 0.6) is 11.5 Å². The number of aromatic nitrogens is 2. The van der Waals surface area contributed by atoms with Crippen LogP contribution >= 0.6 is 15.9 Å². The fraction of sp³-hybridized carbons (Fsp3) is 0.250. The maximum Gasteiger partial charge on any atom is 0.315 e. The molecule has 0 aliphatic heterocycles. The van der Waals surface area contributed by atoms with Gasteiger partial charge in [-0.25, -0.2) is 4.98 Å². The maximum atomic E-state index is 13.1. The van der Waals surface area contributed by atoms with Crippen LogP contribution in [0.15, 0.2) is 44.7 Å². The largest absolute Gasteiger partial charge is 0.500 e. The molecular formula is C20H19BrN4O5. The van der Waals surface area contributed by atoms with E-state index in [9.17, 15) is 20.0 Å². The Hall–Kier alpha value is -3.27. The minimum Gasteiger partial charge on any atom is -0.500 e. The summed E-state index contributed by atoms with van der Waals surface area (Å²) in [7, 11) is 1.28. The van der Waals surface area contributed by atoms with E-state index >= 15 is 0 Å². The lowest BCUT2D eigenvalue weighted by Gasteiger charge is -2.20. The summed E-state index contributed by atoms with van der Waals surface area (Å²) in [6.07, 6.45) is 1.29. The smallest absolute Gasteiger partial charge is 0.315 e. The van der Waals surface area contributed by atoms with E-state index in [1.165, 1.54) is 24.1 Å². The summed E-state index contributed by atoms with van der Waals surface area (Å²) in [6.45, 7) is 5.71. The van der Waals surface area contributed by atoms with Crippen LogP contribution < -0.4 is 10.3 Å². The molecule has 10 heteroatoms. The highest BCUT2D eigenvalue weighted by Gasteiger charge is 2.23. The number of aromatic hydroxyl groups is 1. The number of hydrogen-bond donors (Lipinski definition) is 1. The average Bonchev–Trinajstić information content (AvgIpc) is 2.67. The molecule has 0 fully saturated rings. The van der Waals surface area contributed by atoms with Crippen LogP contribution in [0.1, 0.15) is 32.2 Å². The number of nitro benzene ring substituents is 1. The Balaban J connectivity index is 2.24. The van der Waals surface area contributed by atoms with E-state index in [2.05, 4.69) is 26.0 Å². The molecule has 156 valence electrons. The quantitative estimate of drug-likeness (QED) is 0.347. The summed E-state index contributed by atoms with van der Waals surface area (Å²) < 4.78 is 6.91. The number of methoxy groups -OCH3 is 1. The monoisotopic (exact) mass is 474 g/mol. The van der Waals surface area contributed by atoms with Crippen molar-refractivity contribution < 1.29 is 14.8 Å². The number of nitro groups is 1. The summed E-state index contributed by atoms with van der Waals surface area (Å²) in [5, 5.41) is 25.8.